The molecule has 0 aromatic carbocycles. The van der Waals surface area contributed by atoms with E-state index < -0.39 is 0 Å². The molecule has 0 saturated carbocycles. The molecule has 0 N–H and O–H groups in total. The molecule has 4 heteroatoms. The fraction of sp³-hybridized carbons (Fsp3) is 0.143. The number of halogens is 1. The smallest absolute Gasteiger partial charge is 0.143 e. The van der Waals surface area contributed by atoms with Gasteiger partial charge in [0.1, 0.15) is 16.7 Å². The summed E-state index contributed by atoms with van der Waals surface area (Å²) >= 11 is 2.72. The van der Waals surface area contributed by atoms with Crippen LogP contribution in [0.25, 0.3) is 4.91 Å². The maximum atomic E-state index is 12.9. The Morgan fingerprint density at radius 2 is 2.45 bits per heavy atom. The van der Waals surface area contributed by atoms with Gasteiger partial charge in [-0.15, -0.1) is 23.1 Å². The van der Waals surface area contributed by atoms with Crippen LogP contribution in [0.15, 0.2) is 5.38 Å². The highest BCUT2D eigenvalue weighted by atomic mass is 32.2. The van der Waals surface area contributed by atoms with Gasteiger partial charge in [-0.25, -0.2) is 9.18 Å². The molecule has 1 aliphatic rings. The van der Waals surface area contributed by atoms with Crippen molar-refractivity contribution in [1.29, 1.82) is 0 Å². The van der Waals surface area contributed by atoms with Gasteiger partial charge < -0.3 is 0 Å². The third-order valence-electron chi connectivity index (χ3n) is 1.49. The van der Waals surface area contributed by atoms with Crippen LogP contribution < -0.4 is 0 Å². The van der Waals surface area contributed by atoms with E-state index in [0.717, 1.165) is 4.88 Å². The van der Waals surface area contributed by atoms with Gasteiger partial charge in [-0.3, -0.25) is 0 Å². The number of thiophene rings is 1. The predicted molar refractivity (Wildman–Crippen MR) is 44.7 cm³/mol. The van der Waals surface area contributed by atoms with E-state index in [0.29, 0.717) is 16.2 Å². The summed E-state index contributed by atoms with van der Waals surface area (Å²) in [6.45, 7) is 0. The molecule has 0 unspecified atom stereocenters. The maximum Gasteiger partial charge on any atom is 0.143 e. The van der Waals surface area contributed by atoms with Crippen LogP contribution in [0.3, 0.4) is 0 Å². The van der Waals surface area contributed by atoms with Gasteiger partial charge >= 0.3 is 0 Å². The molecule has 0 spiro atoms. The number of hydrogen-bond donors (Lipinski definition) is 0. The summed E-state index contributed by atoms with van der Waals surface area (Å²) in [6, 6.07) is 0. The Labute approximate surface area is 70.9 Å². The lowest BCUT2D eigenvalue weighted by Crippen LogP contribution is -1.76. The van der Waals surface area contributed by atoms with Gasteiger partial charge in [-0.2, -0.15) is 0 Å². The Bertz CT molecular complexity index is 349. The molecule has 56 valence electrons. The van der Waals surface area contributed by atoms with Crippen molar-refractivity contribution in [3.05, 3.63) is 21.6 Å². The standard InChI is InChI=1S/C7H3FOS2/c8-4-2-10-6-3-11-5(1-9)7(4)6/h2H,3H2. The van der Waals surface area contributed by atoms with E-state index in [4.69, 9.17) is 0 Å². The predicted octanol–water partition coefficient (Wildman–Crippen LogP) is 2.31. The topological polar surface area (TPSA) is 17.1 Å². The van der Waals surface area contributed by atoms with Gasteiger partial charge in [-0.1, -0.05) is 0 Å². The molecular weight excluding hydrogens is 183 g/mol. The minimum absolute atomic E-state index is 0.284. The highest BCUT2D eigenvalue weighted by molar-refractivity contribution is 8.08. The summed E-state index contributed by atoms with van der Waals surface area (Å²) in [7, 11) is 0. The summed E-state index contributed by atoms with van der Waals surface area (Å²) in [6.07, 6.45) is 0. The van der Waals surface area contributed by atoms with E-state index in [9.17, 15) is 9.18 Å². The second-order valence-electron chi connectivity index (χ2n) is 2.10. The molecular formula is C7H3FOS2. The molecule has 1 aromatic rings. The van der Waals surface area contributed by atoms with Crippen LogP contribution in [-0.2, 0) is 10.5 Å². The second-order valence-corrected chi connectivity index (χ2v) is 4.05. The minimum atomic E-state index is -0.284. The second kappa shape index (κ2) is 2.48. The first-order valence-electron chi connectivity index (χ1n) is 2.97. The molecule has 11 heavy (non-hydrogen) atoms. The molecule has 1 aliphatic heterocycles. The molecule has 1 aromatic heterocycles. The van der Waals surface area contributed by atoms with Crippen molar-refractivity contribution in [3.63, 3.8) is 0 Å². The van der Waals surface area contributed by atoms with Gasteiger partial charge in [0.25, 0.3) is 0 Å². The number of thioether (sulfide) groups is 1. The summed E-state index contributed by atoms with van der Waals surface area (Å²) in [4.78, 5) is 11.6. The Morgan fingerprint density at radius 3 is 3.18 bits per heavy atom. The van der Waals surface area contributed by atoms with Gasteiger partial charge in [0, 0.05) is 21.6 Å². The Balaban J connectivity index is 2.68. The molecule has 2 heterocycles. The first-order valence-corrected chi connectivity index (χ1v) is 4.83. The lowest BCUT2D eigenvalue weighted by molar-refractivity contribution is 0.569. The molecule has 0 aliphatic carbocycles. The first kappa shape index (κ1) is 7.10. The molecule has 0 bridgehead atoms. The Hall–Kier alpha value is -0.570. The normalized spacial score (nSPS) is 14.8. The lowest BCUT2D eigenvalue weighted by atomic mass is 10.2. The quantitative estimate of drug-likeness (QED) is 0.578. The molecule has 0 saturated heterocycles. The van der Waals surface area contributed by atoms with E-state index in [2.05, 4.69) is 0 Å². The van der Waals surface area contributed by atoms with Crippen molar-refractivity contribution in [2.45, 2.75) is 5.75 Å². The summed E-state index contributed by atoms with van der Waals surface area (Å²) in [5.74, 6) is 2.18. The largest absolute Gasteiger partial charge is 0.232 e. The van der Waals surface area contributed by atoms with Crippen molar-refractivity contribution in [3.8, 4) is 0 Å². The fourth-order valence-corrected chi connectivity index (χ4v) is 3.04. The Kier molecular flexibility index (Phi) is 1.60. The zero-order valence-corrected chi connectivity index (χ0v) is 7.02. The highest BCUT2D eigenvalue weighted by Gasteiger charge is 2.23. The van der Waals surface area contributed by atoms with Gasteiger partial charge in [0.05, 0.1) is 0 Å². The van der Waals surface area contributed by atoms with E-state index >= 15 is 0 Å². The number of fused-ring (bicyclic) bond motifs is 1. The van der Waals surface area contributed by atoms with Crippen LogP contribution in [0.5, 0.6) is 0 Å². The molecule has 0 fully saturated rings. The molecule has 0 radical (unpaired) electrons. The monoisotopic (exact) mass is 186 g/mol. The van der Waals surface area contributed by atoms with E-state index in [1.165, 1.54) is 28.5 Å². The average Bonchev–Trinajstić information content (AvgIpc) is 2.54. The summed E-state index contributed by atoms with van der Waals surface area (Å²) < 4.78 is 12.9. The van der Waals surface area contributed by atoms with Crippen LogP contribution in [0, 0.1) is 5.82 Å². The van der Waals surface area contributed by atoms with Crippen LogP contribution in [0.4, 0.5) is 4.39 Å². The van der Waals surface area contributed by atoms with Crippen molar-refractivity contribution < 1.29 is 9.18 Å². The highest BCUT2D eigenvalue weighted by Crippen LogP contribution is 2.43. The van der Waals surface area contributed by atoms with Crippen LogP contribution in [0.1, 0.15) is 10.4 Å². The van der Waals surface area contributed by atoms with Crippen molar-refractivity contribution in [2.75, 3.05) is 0 Å². The molecule has 2 rings (SSSR count). The molecule has 1 nitrogen and oxygen atoms in total. The van der Waals surface area contributed by atoms with E-state index in [-0.39, 0.29) is 5.82 Å². The Morgan fingerprint density at radius 1 is 1.64 bits per heavy atom. The summed E-state index contributed by atoms with van der Waals surface area (Å²) in [5.41, 5.74) is 0.481. The third-order valence-corrected chi connectivity index (χ3v) is 3.64. The lowest BCUT2D eigenvalue weighted by Gasteiger charge is -1.86. The van der Waals surface area contributed by atoms with Crippen molar-refractivity contribution in [2.24, 2.45) is 0 Å². The number of rotatable bonds is 0. The van der Waals surface area contributed by atoms with Crippen LogP contribution in [0.2, 0.25) is 0 Å². The first-order chi connectivity index (χ1) is 5.33. The van der Waals surface area contributed by atoms with Crippen LogP contribution >= 0.6 is 23.1 Å². The minimum Gasteiger partial charge on any atom is -0.232 e. The van der Waals surface area contributed by atoms with Crippen LogP contribution in [-0.4, -0.2) is 5.94 Å². The zero-order valence-electron chi connectivity index (χ0n) is 5.39. The van der Waals surface area contributed by atoms with Crippen molar-refractivity contribution >= 4 is 33.9 Å². The average molecular weight is 186 g/mol. The van der Waals surface area contributed by atoms with Gasteiger partial charge in [0.2, 0.25) is 0 Å². The number of hydrogen-bond acceptors (Lipinski definition) is 3. The SMILES string of the molecule is O=C=C1SCc2scc(F)c21. The van der Waals surface area contributed by atoms with E-state index in [1.54, 1.807) is 5.94 Å². The summed E-state index contributed by atoms with van der Waals surface area (Å²) in [5, 5.41) is 1.43. The van der Waals surface area contributed by atoms with Gasteiger partial charge in [0.15, 0.2) is 0 Å². The molecule has 0 atom stereocenters. The fourth-order valence-electron chi connectivity index (χ4n) is 1.01. The van der Waals surface area contributed by atoms with E-state index in [1.807, 2.05) is 0 Å². The third kappa shape index (κ3) is 0.948. The molecule has 0 amide bonds. The maximum absolute atomic E-state index is 12.9. The van der Waals surface area contributed by atoms with Crippen molar-refractivity contribution in [1.82, 2.24) is 0 Å². The van der Waals surface area contributed by atoms with Gasteiger partial charge in [-0.05, 0) is 0 Å². The zero-order chi connectivity index (χ0) is 7.84. The number of carbonyl (C=O) groups excluding carboxylic acids is 1.